The summed E-state index contributed by atoms with van der Waals surface area (Å²) in [7, 11) is -4.15. The zero-order chi connectivity index (χ0) is 22.9. The number of rotatable bonds is 5. The van der Waals surface area contributed by atoms with E-state index in [1.807, 2.05) is 41.2 Å². The molecule has 34 heavy (non-hydrogen) atoms. The Morgan fingerprint density at radius 3 is 1.71 bits per heavy atom. The highest BCUT2D eigenvalue weighted by Crippen LogP contribution is 2.39. The molecular formula is C26H27Cl2N2O3P. The van der Waals surface area contributed by atoms with Crippen LogP contribution in [0.15, 0.2) is 85.5 Å². The van der Waals surface area contributed by atoms with Crippen LogP contribution in [0.25, 0.3) is 22.5 Å². The van der Waals surface area contributed by atoms with Gasteiger partial charge < -0.3 is 34.6 Å². The van der Waals surface area contributed by atoms with E-state index in [0.717, 1.165) is 16.8 Å². The van der Waals surface area contributed by atoms with Gasteiger partial charge in [0.15, 0.2) is 24.8 Å². The smallest absolute Gasteiger partial charge is 0.330 e. The van der Waals surface area contributed by atoms with Crippen LogP contribution < -0.4 is 33.9 Å². The first kappa shape index (κ1) is 27.7. The molecule has 0 saturated carbocycles. The zero-order valence-corrected chi connectivity index (χ0v) is 21.6. The lowest BCUT2D eigenvalue weighted by Crippen LogP contribution is -3.00. The molecule has 178 valence electrons. The Morgan fingerprint density at radius 2 is 1.21 bits per heavy atom. The molecule has 0 aliphatic carbocycles. The Hall–Kier alpha value is -2.53. The minimum absolute atomic E-state index is 0. The van der Waals surface area contributed by atoms with E-state index in [0.29, 0.717) is 5.56 Å². The standard InChI is InChI=1S/C26H25N2O3P.2ClH/c1-19-16-20(2)26(21(3)17-19)28-14-10-23(11-15-28)22-8-12-27(13-9-22)25-7-5-4-6-24(25)18-32(29,30)31;;/h4-17H,18H2,1-3H3;2*1H. The lowest BCUT2D eigenvalue weighted by molar-refractivity contribution is -0.596. The van der Waals surface area contributed by atoms with Gasteiger partial charge in [-0.05, 0) is 44.0 Å². The Bertz CT molecular complexity index is 1300. The molecule has 5 nitrogen and oxygen atoms in total. The van der Waals surface area contributed by atoms with Crippen molar-refractivity contribution in [2.75, 3.05) is 0 Å². The average molecular weight is 517 g/mol. The summed E-state index contributed by atoms with van der Waals surface area (Å²) in [6.45, 7) is 6.39. The number of pyridine rings is 2. The molecule has 0 amide bonds. The second-order valence-electron chi connectivity index (χ2n) is 8.19. The number of benzene rings is 2. The van der Waals surface area contributed by atoms with Crippen LogP contribution in [0, 0.1) is 20.8 Å². The Kier molecular flexibility index (Phi) is 9.18. The highest BCUT2D eigenvalue weighted by Gasteiger charge is 2.21. The summed E-state index contributed by atoms with van der Waals surface area (Å²) >= 11 is 0. The minimum atomic E-state index is -4.15. The van der Waals surface area contributed by atoms with E-state index in [-0.39, 0.29) is 31.0 Å². The first-order chi connectivity index (χ1) is 15.2. The highest BCUT2D eigenvalue weighted by molar-refractivity contribution is 7.50. The molecule has 2 aromatic heterocycles. The van der Waals surface area contributed by atoms with E-state index in [4.69, 9.17) is 0 Å². The molecule has 0 radical (unpaired) electrons. The second kappa shape index (κ2) is 11.3. The molecule has 0 bridgehead atoms. The summed E-state index contributed by atoms with van der Waals surface area (Å²) in [5, 5.41) is 0. The summed E-state index contributed by atoms with van der Waals surface area (Å²) in [6, 6.07) is 19.9. The summed E-state index contributed by atoms with van der Waals surface area (Å²) < 4.78 is 15.5. The maximum Gasteiger partial charge on any atom is 0.330 e. The zero-order valence-electron chi connectivity index (χ0n) is 19.2. The summed E-state index contributed by atoms with van der Waals surface area (Å²) in [5.41, 5.74) is 8.50. The number of hydrogen-bond donors (Lipinski definition) is 2. The predicted octanol–water partition coefficient (Wildman–Crippen LogP) is -1.48. The van der Waals surface area contributed by atoms with Gasteiger partial charge in [0, 0.05) is 47.0 Å². The number of halogens is 2. The lowest BCUT2D eigenvalue weighted by Gasteiger charge is -2.07. The third kappa shape index (κ3) is 6.32. The van der Waals surface area contributed by atoms with Gasteiger partial charge in [-0.3, -0.25) is 4.57 Å². The Labute approximate surface area is 212 Å². The van der Waals surface area contributed by atoms with Crippen molar-refractivity contribution in [3.63, 3.8) is 0 Å². The van der Waals surface area contributed by atoms with Crippen molar-refractivity contribution in [3.8, 4) is 22.5 Å². The monoisotopic (exact) mass is 516 g/mol. The number of nitrogens with zero attached hydrogens (tertiary/aromatic N) is 2. The van der Waals surface area contributed by atoms with Crippen molar-refractivity contribution in [2.45, 2.75) is 26.9 Å². The van der Waals surface area contributed by atoms with Gasteiger partial charge in [-0.1, -0.05) is 23.8 Å². The molecule has 0 unspecified atom stereocenters. The van der Waals surface area contributed by atoms with Crippen molar-refractivity contribution in [3.05, 3.63) is 108 Å². The van der Waals surface area contributed by atoms with Crippen LogP contribution in [0.3, 0.4) is 0 Å². The van der Waals surface area contributed by atoms with E-state index in [9.17, 15) is 14.4 Å². The van der Waals surface area contributed by atoms with Gasteiger partial charge in [0.1, 0.15) is 0 Å². The third-order valence-electron chi connectivity index (χ3n) is 5.53. The quantitative estimate of drug-likeness (QED) is 0.251. The molecule has 2 heterocycles. The fraction of sp³-hybridized carbons (Fsp3) is 0.154. The Balaban J connectivity index is 0.00000204. The van der Waals surface area contributed by atoms with E-state index in [1.54, 1.807) is 12.1 Å². The average Bonchev–Trinajstić information content (AvgIpc) is 2.73. The summed E-state index contributed by atoms with van der Waals surface area (Å²) in [4.78, 5) is 18.8. The number of para-hydroxylation sites is 1. The molecule has 0 aliphatic heterocycles. The molecule has 0 saturated heterocycles. The summed E-state index contributed by atoms with van der Waals surface area (Å²) in [6.07, 6.45) is 7.72. The van der Waals surface area contributed by atoms with Crippen molar-refractivity contribution in [2.24, 2.45) is 0 Å². The molecule has 0 spiro atoms. The second-order valence-corrected chi connectivity index (χ2v) is 9.83. The number of aryl methyl sites for hydroxylation is 3. The molecule has 0 atom stereocenters. The Morgan fingerprint density at radius 1 is 0.735 bits per heavy atom. The fourth-order valence-corrected chi connectivity index (χ4v) is 4.96. The SMILES string of the molecule is Cc1cc(C)c(-[n+]2ccc(-c3cc[n+](-c4ccccc4CP(=O)(O)O)cc3)cc2)c(C)c1.[Cl-].[Cl-]. The van der Waals surface area contributed by atoms with Gasteiger partial charge in [-0.15, -0.1) is 0 Å². The van der Waals surface area contributed by atoms with E-state index < -0.39 is 7.60 Å². The molecular weight excluding hydrogens is 490 g/mol. The molecule has 0 fully saturated rings. The van der Waals surface area contributed by atoms with Gasteiger partial charge in [-0.25, -0.2) is 0 Å². The largest absolute Gasteiger partial charge is 1.00 e. The lowest BCUT2D eigenvalue weighted by atomic mass is 10.0. The number of aromatic nitrogens is 2. The minimum Gasteiger partial charge on any atom is -1.00 e. The van der Waals surface area contributed by atoms with Gasteiger partial charge in [-0.2, -0.15) is 9.13 Å². The third-order valence-corrected chi connectivity index (χ3v) is 6.28. The fourth-order valence-electron chi connectivity index (χ4n) is 4.25. The van der Waals surface area contributed by atoms with Gasteiger partial charge in [0.2, 0.25) is 11.4 Å². The first-order valence-corrected chi connectivity index (χ1v) is 12.3. The van der Waals surface area contributed by atoms with Gasteiger partial charge in [0.25, 0.3) is 0 Å². The topological polar surface area (TPSA) is 65.3 Å². The van der Waals surface area contributed by atoms with E-state index in [1.165, 1.54) is 22.4 Å². The maximum absolute atomic E-state index is 11.5. The van der Waals surface area contributed by atoms with E-state index in [2.05, 4.69) is 62.0 Å². The molecule has 2 N–H and O–H groups in total. The van der Waals surface area contributed by atoms with Crippen LogP contribution in [0.2, 0.25) is 0 Å². The molecule has 4 rings (SSSR count). The van der Waals surface area contributed by atoms with Crippen LogP contribution in [0.4, 0.5) is 0 Å². The van der Waals surface area contributed by atoms with E-state index >= 15 is 0 Å². The molecule has 0 aliphatic rings. The number of hydrogen-bond acceptors (Lipinski definition) is 1. The highest BCUT2D eigenvalue weighted by atomic mass is 35.5. The van der Waals surface area contributed by atoms with Crippen LogP contribution >= 0.6 is 7.60 Å². The normalized spacial score (nSPS) is 10.9. The van der Waals surface area contributed by atoms with Crippen LogP contribution in [-0.2, 0) is 10.7 Å². The molecule has 4 aromatic rings. The first-order valence-electron chi connectivity index (χ1n) is 10.5. The van der Waals surface area contributed by atoms with Crippen molar-refractivity contribution in [1.82, 2.24) is 0 Å². The van der Waals surface area contributed by atoms with Crippen LogP contribution in [-0.4, -0.2) is 9.79 Å². The van der Waals surface area contributed by atoms with Crippen molar-refractivity contribution < 1.29 is 48.3 Å². The van der Waals surface area contributed by atoms with Gasteiger partial charge in [0.05, 0.1) is 6.16 Å². The maximum atomic E-state index is 11.5. The van der Waals surface area contributed by atoms with Gasteiger partial charge >= 0.3 is 7.60 Å². The molecule has 8 heteroatoms. The van der Waals surface area contributed by atoms with Crippen LogP contribution in [0.5, 0.6) is 0 Å². The van der Waals surface area contributed by atoms with Crippen molar-refractivity contribution >= 4 is 7.60 Å². The summed E-state index contributed by atoms with van der Waals surface area (Å²) in [5.74, 6) is 0. The van der Waals surface area contributed by atoms with Crippen LogP contribution in [0.1, 0.15) is 22.3 Å². The van der Waals surface area contributed by atoms with Crippen molar-refractivity contribution in [1.29, 1.82) is 0 Å². The molecule has 2 aromatic carbocycles. The predicted molar refractivity (Wildman–Crippen MR) is 125 cm³/mol.